The standard InChI is InChI=1S/C19H21F3N2O2/c1-12(2)11-26-16-8-4-5-13-14(16)6-3-7-15(13)18(19(20,21)22)24-10-9-17(25)23-24/h3-8,12,18H,9-11H2,1-2H3,(H,23,25)/t18-/m0/s1. The summed E-state index contributed by atoms with van der Waals surface area (Å²) >= 11 is 0. The van der Waals surface area contributed by atoms with E-state index in [4.69, 9.17) is 4.74 Å². The lowest BCUT2D eigenvalue weighted by molar-refractivity contribution is -0.190. The van der Waals surface area contributed by atoms with Gasteiger partial charge in [0.15, 0.2) is 6.04 Å². The first-order valence-corrected chi connectivity index (χ1v) is 8.54. The molecule has 1 aliphatic rings. The van der Waals surface area contributed by atoms with Crippen molar-refractivity contribution in [2.24, 2.45) is 5.92 Å². The number of hydrogen-bond donors (Lipinski definition) is 1. The zero-order chi connectivity index (χ0) is 18.9. The number of halogens is 3. The number of hydrazine groups is 1. The molecular weight excluding hydrogens is 345 g/mol. The summed E-state index contributed by atoms with van der Waals surface area (Å²) < 4.78 is 47.3. The van der Waals surface area contributed by atoms with Gasteiger partial charge in [-0.15, -0.1) is 0 Å². The Labute approximate surface area is 149 Å². The Morgan fingerprint density at radius 3 is 2.46 bits per heavy atom. The Kier molecular flexibility index (Phi) is 5.09. The minimum atomic E-state index is -4.53. The molecule has 26 heavy (non-hydrogen) atoms. The lowest BCUT2D eigenvalue weighted by Gasteiger charge is -2.30. The highest BCUT2D eigenvalue weighted by Crippen LogP contribution is 2.42. The van der Waals surface area contributed by atoms with Crippen molar-refractivity contribution in [1.82, 2.24) is 10.4 Å². The molecule has 2 aromatic carbocycles. The number of rotatable bonds is 5. The van der Waals surface area contributed by atoms with Crippen LogP contribution in [0.5, 0.6) is 5.75 Å². The van der Waals surface area contributed by atoms with Crippen molar-refractivity contribution in [1.29, 1.82) is 0 Å². The highest BCUT2D eigenvalue weighted by Gasteiger charge is 2.47. The molecule has 0 aromatic heterocycles. The molecule has 0 radical (unpaired) electrons. The van der Waals surface area contributed by atoms with Crippen molar-refractivity contribution in [2.45, 2.75) is 32.5 Å². The van der Waals surface area contributed by atoms with Gasteiger partial charge in [-0.05, 0) is 22.9 Å². The van der Waals surface area contributed by atoms with Crippen molar-refractivity contribution >= 4 is 16.7 Å². The molecule has 0 aliphatic carbocycles. The van der Waals surface area contributed by atoms with Gasteiger partial charge in [0, 0.05) is 18.4 Å². The summed E-state index contributed by atoms with van der Waals surface area (Å²) in [5.41, 5.74) is 2.43. The van der Waals surface area contributed by atoms with Gasteiger partial charge in [0.25, 0.3) is 0 Å². The number of carbonyl (C=O) groups is 1. The van der Waals surface area contributed by atoms with Crippen LogP contribution in [0.4, 0.5) is 13.2 Å². The van der Waals surface area contributed by atoms with Crippen LogP contribution in [0, 0.1) is 5.92 Å². The van der Waals surface area contributed by atoms with E-state index in [1.165, 1.54) is 6.07 Å². The fourth-order valence-corrected chi connectivity index (χ4v) is 3.13. The third-order valence-corrected chi connectivity index (χ3v) is 4.25. The topological polar surface area (TPSA) is 41.6 Å². The molecule has 2 aromatic rings. The molecule has 1 aliphatic heterocycles. The Bertz CT molecular complexity index is 805. The summed E-state index contributed by atoms with van der Waals surface area (Å²) in [4.78, 5) is 11.4. The second-order valence-corrected chi connectivity index (χ2v) is 6.83. The molecule has 3 rings (SSSR count). The fraction of sp³-hybridized carbons (Fsp3) is 0.421. The summed E-state index contributed by atoms with van der Waals surface area (Å²) in [6, 6.07) is 8.01. The summed E-state index contributed by atoms with van der Waals surface area (Å²) in [6.07, 6.45) is -4.47. The second kappa shape index (κ2) is 7.15. The predicted octanol–water partition coefficient (Wildman–Crippen LogP) is 4.21. The molecule has 1 heterocycles. The molecule has 0 saturated carbocycles. The van der Waals surface area contributed by atoms with Gasteiger partial charge in [-0.2, -0.15) is 13.2 Å². The maximum atomic E-state index is 13.8. The molecular formula is C19H21F3N2O2. The van der Waals surface area contributed by atoms with Gasteiger partial charge in [-0.3, -0.25) is 10.2 Å². The molecule has 1 atom stereocenters. The van der Waals surface area contributed by atoms with Gasteiger partial charge in [0.05, 0.1) is 6.61 Å². The maximum absolute atomic E-state index is 13.8. The van der Waals surface area contributed by atoms with Crippen molar-refractivity contribution in [3.8, 4) is 5.75 Å². The van der Waals surface area contributed by atoms with Crippen LogP contribution in [0.15, 0.2) is 36.4 Å². The number of ether oxygens (including phenoxy) is 1. The van der Waals surface area contributed by atoms with E-state index < -0.39 is 18.1 Å². The summed E-state index contributed by atoms with van der Waals surface area (Å²) in [6.45, 7) is 4.51. The summed E-state index contributed by atoms with van der Waals surface area (Å²) in [5.74, 6) is 0.459. The number of fused-ring (bicyclic) bond motifs is 1. The van der Waals surface area contributed by atoms with E-state index in [-0.39, 0.29) is 18.5 Å². The maximum Gasteiger partial charge on any atom is 0.409 e. The fourth-order valence-electron chi connectivity index (χ4n) is 3.13. The highest BCUT2D eigenvalue weighted by atomic mass is 19.4. The van der Waals surface area contributed by atoms with E-state index in [1.807, 2.05) is 13.8 Å². The molecule has 4 nitrogen and oxygen atoms in total. The summed E-state index contributed by atoms with van der Waals surface area (Å²) in [7, 11) is 0. The minimum Gasteiger partial charge on any atom is -0.493 e. The normalized spacial score (nSPS) is 16.9. The lowest BCUT2D eigenvalue weighted by Crippen LogP contribution is -2.43. The zero-order valence-corrected chi connectivity index (χ0v) is 14.6. The van der Waals surface area contributed by atoms with Crippen LogP contribution < -0.4 is 10.2 Å². The molecule has 7 heteroatoms. The average molecular weight is 366 g/mol. The average Bonchev–Trinajstić information content (AvgIpc) is 2.97. The van der Waals surface area contributed by atoms with E-state index in [0.717, 1.165) is 5.01 Å². The first-order chi connectivity index (χ1) is 12.3. The van der Waals surface area contributed by atoms with E-state index >= 15 is 0 Å². The first kappa shape index (κ1) is 18.5. The smallest absolute Gasteiger partial charge is 0.409 e. The van der Waals surface area contributed by atoms with Gasteiger partial charge < -0.3 is 4.74 Å². The third-order valence-electron chi connectivity index (χ3n) is 4.25. The van der Waals surface area contributed by atoms with Crippen molar-refractivity contribution < 1.29 is 22.7 Å². The molecule has 140 valence electrons. The predicted molar refractivity (Wildman–Crippen MR) is 92.5 cm³/mol. The first-order valence-electron chi connectivity index (χ1n) is 8.54. The number of carbonyl (C=O) groups excluding carboxylic acids is 1. The number of nitrogens with zero attached hydrogens (tertiary/aromatic N) is 1. The van der Waals surface area contributed by atoms with Crippen molar-refractivity contribution in [3.05, 3.63) is 42.0 Å². The van der Waals surface area contributed by atoms with Crippen LogP contribution in [0.3, 0.4) is 0 Å². The minimum absolute atomic E-state index is 0.0168. The van der Waals surface area contributed by atoms with Crippen molar-refractivity contribution in [3.63, 3.8) is 0 Å². The van der Waals surface area contributed by atoms with Crippen LogP contribution in [0.2, 0.25) is 0 Å². The van der Waals surface area contributed by atoms with E-state index in [0.29, 0.717) is 29.0 Å². The van der Waals surface area contributed by atoms with Gasteiger partial charge in [0.1, 0.15) is 5.75 Å². The Morgan fingerprint density at radius 2 is 1.85 bits per heavy atom. The molecule has 1 N–H and O–H groups in total. The van der Waals surface area contributed by atoms with Crippen LogP contribution in [0.1, 0.15) is 31.9 Å². The van der Waals surface area contributed by atoms with Gasteiger partial charge >= 0.3 is 6.18 Å². The molecule has 1 amide bonds. The highest BCUT2D eigenvalue weighted by molar-refractivity contribution is 5.91. The zero-order valence-electron chi connectivity index (χ0n) is 14.6. The lowest BCUT2D eigenvalue weighted by atomic mass is 9.97. The Balaban J connectivity index is 2.07. The van der Waals surface area contributed by atoms with Crippen molar-refractivity contribution in [2.75, 3.05) is 13.2 Å². The summed E-state index contributed by atoms with van der Waals surface area (Å²) in [5, 5.41) is 2.07. The number of amides is 1. The molecule has 0 spiro atoms. The largest absolute Gasteiger partial charge is 0.493 e. The number of alkyl halides is 3. The van der Waals surface area contributed by atoms with E-state index in [1.54, 1.807) is 30.3 Å². The van der Waals surface area contributed by atoms with Gasteiger partial charge in [-0.1, -0.05) is 44.2 Å². The molecule has 0 unspecified atom stereocenters. The van der Waals surface area contributed by atoms with Gasteiger partial charge in [-0.25, -0.2) is 5.01 Å². The van der Waals surface area contributed by atoms with E-state index in [2.05, 4.69) is 5.43 Å². The number of nitrogens with one attached hydrogen (secondary N) is 1. The molecule has 1 saturated heterocycles. The van der Waals surface area contributed by atoms with Gasteiger partial charge in [0.2, 0.25) is 5.91 Å². The Hall–Kier alpha value is -2.28. The third kappa shape index (κ3) is 3.77. The van der Waals surface area contributed by atoms with Crippen LogP contribution in [0.25, 0.3) is 10.8 Å². The number of benzene rings is 2. The SMILES string of the molecule is CC(C)COc1cccc2c([C@H](N3CCC(=O)N3)C(F)(F)F)cccc12. The van der Waals surface area contributed by atoms with E-state index in [9.17, 15) is 18.0 Å². The van der Waals surface area contributed by atoms with Crippen LogP contribution in [-0.2, 0) is 4.79 Å². The molecule has 0 bridgehead atoms. The van der Waals surface area contributed by atoms with Crippen LogP contribution in [-0.4, -0.2) is 30.2 Å². The second-order valence-electron chi connectivity index (χ2n) is 6.83. The monoisotopic (exact) mass is 366 g/mol. The Morgan fingerprint density at radius 1 is 1.15 bits per heavy atom. The number of hydrogen-bond acceptors (Lipinski definition) is 3. The quantitative estimate of drug-likeness (QED) is 0.862. The van der Waals surface area contributed by atoms with Crippen LogP contribution >= 0.6 is 0 Å². The molecule has 1 fully saturated rings.